The first-order chi connectivity index (χ1) is 7.63. The molecular formula is C12H16N2O2. The van der Waals surface area contributed by atoms with Crippen LogP contribution in [0.4, 0.5) is 10.5 Å². The normalized spacial score (nSPS) is 9.38. The van der Waals surface area contributed by atoms with E-state index in [-0.39, 0.29) is 6.03 Å². The Morgan fingerprint density at radius 3 is 2.75 bits per heavy atom. The predicted octanol–water partition coefficient (Wildman–Crippen LogP) is 2.74. The number of rotatable bonds is 4. The Bertz CT molecular complexity index is 388. The summed E-state index contributed by atoms with van der Waals surface area (Å²) in [6, 6.07) is 6.95. The monoisotopic (exact) mass is 220 g/mol. The van der Waals surface area contributed by atoms with E-state index in [4.69, 9.17) is 4.74 Å². The quantitative estimate of drug-likeness (QED) is 0.819. The molecule has 0 aliphatic heterocycles. The van der Waals surface area contributed by atoms with Gasteiger partial charge in [0.25, 0.3) is 0 Å². The molecule has 0 radical (unpaired) electrons. The number of anilines is 1. The van der Waals surface area contributed by atoms with Gasteiger partial charge in [0.2, 0.25) is 0 Å². The second-order valence-electron chi connectivity index (χ2n) is 3.29. The van der Waals surface area contributed by atoms with E-state index < -0.39 is 0 Å². The zero-order valence-corrected chi connectivity index (χ0v) is 9.54. The van der Waals surface area contributed by atoms with Crippen molar-refractivity contribution >= 4 is 11.7 Å². The summed E-state index contributed by atoms with van der Waals surface area (Å²) < 4.78 is 5.38. The van der Waals surface area contributed by atoms with Crippen LogP contribution in [0, 0.1) is 0 Å². The third-order valence-corrected chi connectivity index (χ3v) is 1.76. The number of benzene rings is 1. The molecule has 0 saturated heterocycles. The van der Waals surface area contributed by atoms with E-state index in [0.29, 0.717) is 23.7 Å². The number of hydrogen-bond acceptors (Lipinski definition) is 2. The van der Waals surface area contributed by atoms with Gasteiger partial charge in [0.1, 0.15) is 5.75 Å². The maximum absolute atomic E-state index is 11.4. The zero-order valence-electron chi connectivity index (χ0n) is 9.54. The van der Waals surface area contributed by atoms with E-state index in [1.807, 2.05) is 19.1 Å². The lowest BCUT2D eigenvalue weighted by atomic mass is 10.3. The molecular weight excluding hydrogens is 204 g/mol. The average Bonchev–Trinajstić information content (AvgIpc) is 2.20. The second kappa shape index (κ2) is 5.80. The molecule has 1 aromatic carbocycles. The number of carbonyl (C=O) groups is 1. The molecule has 0 aliphatic carbocycles. The molecule has 2 N–H and O–H groups in total. The van der Waals surface area contributed by atoms with Crippen molar-refractivity contribution < 1.29 is 9.53 Å². The summed E-state index contributed by atoms with van der Waals surface area (Å²) in [5.41, 5.74) is 1.23. The van der Waals surface area contributed by atoms with Crippen LogP contribution in [0.2, 0.25) is 0 Å². The molecule has 1 rings (SSSR count). The molecule has 0 atom stereocenters. The highest BCUT2D eigenvalue weighted by Crippen LogP contribution is 2.23. The third-order valence-electron chi connectivity index (χ3n) is 1.76. The molecule has 0 spiro atoms. The molecule has 0 saturated carbocycles. The van der Waals surface area contributed by atoms with Gasteiger partial charge in [0.05, 0.1) is 12.3 Å². The van der Waals surface area contributed by atoms with Crippen molar-refractivity contribution in [2.45, 2.75) is 13.8 Å². The van der Waals surface area contributed by atoms with Crippen LogP contribution >= 0.6 is 0 Å². The van der Waals surface area contributed by atoms with Crippen molar-refractivity contribution in [2.24, 2.45) is 0 Å². The number of hydrogen-bond donors (Lipinski definition) is 2. The van der Waals surface area contributed by atoms with Gasteiger partial charge in [-0.3, -0.25) is 0 Å². The number of ether oxygens (including phenoxy) is 1. The van der Waals surface area contributed by atoms with E-state index in [2.05, 4.69) is 17.2 Å². The van der Waals surface area contributed by atoms with Gasteiger partial charge in [-0.1, -0.05) is 18.7 Å². The summed E-state index contributed by atoms with van der Waals surface area (Å²) in [7, 11) is 0. The Kier molecular flexibility index (Phi) is 4.39. The van der Waals surface area contributed by atoms with E-state index in [0.717, 1.165) is 0 Å². The summed E-state index contributed by atoms with van der Waals surface area (Å²) in [5.74, 6) is 0.655. The fourth-order valence-electron chi connectivity index (χ4n) is 1.20. The maximum atomic E-state index is 11.4. The van der Waals surface area contributed by atoms with Gasteiger partial charge in [0, 0.05) is 5.70 Å². The van der Waals surface area contributed by atoms with Crippen LogP contribution < -0.4 is 15.4 Å². The first-order valence-corrected chi connectivity index (χ1v) is 5.08. The van der Waals surface area contributed by atoms with Crippen molar-refractivity contribution in [2.75, 3.05) is 11.9 Å². The van der Waals surface area contributed by atoms with E-state index >= 15 is 0 Å². The van der Waals surface area contributed by atoms with Gasteiger partial charge in [-0.2, -0.15) is 0 Å². The number of amides is 2. The summed E-state index contributed by atoms with van der Waals surface area (Å²) in [5, 5.41) is 5.25. The molecule has 0 bridgehead atoms. The Morgan fingerprint density at radius 2 is 2.12 bits per heavy atom. The Morgan fingerprint density at radius 1 is 1.44 bits per heavy atom. The molecule has 4 heteroatoms. The number of para-hydroxylation sites is 2. The lowest BCUT2D eigenvalue weighted by Gasteiger charge is -2.11. The summed E-state index contributed by atoms with van der Waals surface area (Å²) in [6.07, 6.45) is 0. The van der Waals surface area contributed by atoms with Crippen LogP contribution in [-0.2, 0) is 0 Å². The first kappa shape index (κ1) is 12.1. The Labute approximate surface area is 95.3 Å². The molecule has 0 unspecified atom stereocenters. The molecule has 1 aromatic rings. The Balaban J connectivity index is 2.72. The largest absolute Gasteiger partial charge is 0.492 e. The topological polar surface area (TPSA) is 50.4 Å². The van der Waals surface area contributed by atoms with Crippen molar-refractivity contribution in [1.29, 1.82) is 0 Å². The molecule has 4 nitrogen and oxygen atoms in total. The zero-order chi connectivity index (χ0) is 12.0. The van der Waals surface area contributed by atoms with Crippen LogP contribution in [0.3, 0.4) is 0 Å². The summed E-state index contributed by atoms with van der Waals surface area (Å²) >= 11 is 0. The van der Waals surface area contributed by atoms with Crippen LogP contribution in [0.15, 0.2) is 36.5 Å². The molecule has 0 fully saturated rings. The fraction of sp³-hybridized carbons (Fsp3) is 0.250. The first-order valence-electron chi connectivity index (χ1n) is 5.08. The fourth-order valence-corrected chi connectivity index (χ4v) is 1.20. The number of allylic oxidation sites excluding steroid dienone is 1. The molecule has 2 amide bonds. The number of nitrogens with one attached hydrogen (secondary N) is 2. The van der Waals surface area contributed by atoms with Crippen molar-refractivity contribution in [3.8, 4) is 5.75 Å². The lowest BCUT2D eigenvalue weighted by Crippen LogP contribution is -2.26. The summed E-state index contributed by atoms with van der Waals surface area (Å²) in [6.45, 7) is 7.76. The van der Waals surface area contributed by atoms with Crippen LogP contribution in [0.5, 0.6) is 5.75 Å². The highest BCUT2D eigenvalue weighted by molar-refractivity contribution is 5.91. The SMILES string of the molecule is C=C(C)NC(=O)Nc1ccccc1OCC. The Hall–Kier alpha value is -1.97. The van der Waals surface area contributed by atoms with E-state index in [1.165, 1.54) is 0 Å². The molecule has 0 aromatic heterocycles. The molecule has 86 valence electrons. The van der Waals surface area contributed by atoms with Gasteiger partial charge in [-0.15, -0.1) is 0 Å². The lowest BCUT2D eigenvalue weighted by molar-refractivity contribution is 0.254. The number of urea groups is 1. The average molecular weight is 220 g/mol. The molecule has 0 heterocycles. The van der Waals surface area contributed by atoms with Crippen molar-refractivity contribution in [3.05, 3.63) is 36.5 Å². The van der Waals surface area contributed by atoms with Gasteiger partial charge in [-0.05, 0) is 26.0 Å². The smallest absolute Gasteiger partial charge is 0.323 e. The third kappa shape index (κ3) is 3.65. The second-order valence-corrected chi connectivity index (χ2v) is 3.29. The van der Waals surface area contributed by atoms with Gasteiger partial charge in [0.15, 0.2) is 0 Å². The van der Waals surface area contributed by atoms with Crippen molar-refractivity contribution in [1.82, 2.24) is 5.32 Å². The van der Waals surface area contributed by atoms with Crippen molar-refractivity contribution in [3.63, 3.8) is 0 Å². The van der Waals surface area contributed by atoms with E-state index in [1.54, 1.807) is 19.1 Å². The minimum Gasteiger partial charge on any atom is -0.492 e. The summed E-state index contributed by atoms with van der Waals surface area (Å²) in [4.78, 5) is 11.4. The number of carbonyl (C=O) groups excluding carboxylic acids is 1. The van der Waals surface area contributed by atoms with Gasteiger partial charge >= 0.3 is 6.03 Å². The van der Waals surface area contributed by atoms with Gasteiger partial charge < -0.3 is 15.4 Å². The molecule has 16 heavy (non-hydrogen) atoms. The van der Waals surface area contributed by atoms with Crippen LogP contribution in [0.1, 0.15) is 13.8 Å². The van der Waals surface area contributed by atoms with Crippen LogP contribution in [0.25, 0.3) is 0 Å². The highest BCUT2D eigenvalue weighted by atomic mass is 16.5. The van der Waals surface area contributed by atoms with Gasteiger partial charge in [-0.25, -0.2) is 4.79 Å². The standard InChI is InChI=1S/C12H16N2O2/c1-4-16-11-8-6-5-7-10(11)14-12(15)13-9(2)3/h5-8H,2,4H2,1,3H3,(H2,13,14,15). The minimum absolute atomic E-state index is 0.320. The predicted molar refractivity (Wildman–Crippen MR) is 64.6 cm³/mol. The van der Waals surface area contributed by atoms with Crippen LogP contribution in [-0.4, -0.2) is 12.6 Å². The minimum atomic E-state index is -0.320. The van der Waals surface area contributed by atoms with E-state index in [9.17, 15) is 4.79 Å². The maximum Gasteiger partial charge on any atom is 0.323 e. The molecule has 0 aliphatic rings. The highest BCUT2D eigenvalue weighted by Gasteiger charge is 2.06.